The summed E-state index contributed by atoms with van der Waals surface area (Å²) in [6.07, 6.45) is 18.9. The van der Waals surface area contributed by atoms with Gasteiger partial charge in [0, 0.05) is 50.2 Å². The Balaban J connectivity index is 1.26. The zero-order valence-electron chi connectivity index (χ0n) is 24.8. The van der Waals surface area contributed by atoms with Crippen molar-refractivity contribution in [1.82, 2.24) is 19.7 Å². The number of halogens is 2. The number of pyridine rings is 1. The summed E-state index contributed by atoms with van der Waals surface area (Å²) in [5.41, 5.74) is 1.75. The van der Waals surface area contributed by atoms with Crippen LogP contribution >= 0.6 is 23.2 Å². The topological polar surface area (TPSA) is 63.5 Å². The minimum Gasteiger partial charge on any atom is -0.354 e. The number of fused-ring (bicyclic) bond motifs is 2. The molecule has 1 aromatic carbocycles. The fraction of sp³-hybridized carbons (Fsp3) is 0.500. The molecule has 5 rings (SSSR count). The van der Waals surface area contributed by atoms with Crippen LogP contribution in [0.5, 0.6) is 0 Å². The van der Waals surface area contributed by atoms with Crippen LogP contribution in [0.15, 0.2) is 67.0 Å². The smallest absolute Gasteiger partial charge is 0.257 e. The van der Waals surface area contributed by atoms with Crippen molar-refractivity contribution >= 4 is 34.9 Å². The lowest BCUT2D eigenvalue weighted by atomic mass is 9.70. The van der Waals surface area contributed by atoms with Crippen LogP contribution in [0.2, 0.25) is 10.0 Å². The fourth-order valence-corrected chi connectivity index (χ4v) is 8.04. The van der Waals surface area contributed by atoms with E-state index < -0.39 is 0 Å². The molecule has 3 atom stereocenters. The third-order valence-electron chi connectivity index (χ3n) is 9.78. The third-order valence-corrected chi connectivity index (χ3v) is 10.4. The van der Waals surface area contributed by atoms with Gasteiger partial charge in [-0.1, -0.05) is 77.8 Å². The first-order valence-electron chi connectivity index (χ1n) is 15.3. The number of nitrogens with zero attached hydrogens (tertiary/aromatic N) is 4. The van der Waals surface area contributed by atoms with Crippen molar-refractivity contribution in [2.24, 2.45) is 0 Å². The number of carbonyl (C=O) groups excluding carboxylic acids is 1. The highest BCUT2D eigenvalue weighted by atomic mass is 35.5. The van der Waals surface area contributed by atoms with Gasteiger partial charge in [-0.15, -0.1) is 0 Å². The van der Waals surface area contributed by atoms with Crippen molar-refractivity contribution in [2.45, 2.75) is 82.3 Å². The number of hydrogen-bond acceptors (Lipinski definition) is 4. The predicted octanol–water partition coefficient (Wildman–Crippen LogP) is 7.38. The largest absolute Gasteiger partial charge is 0.354 e. The number of carbonyl (C=O) groups is 1. The maximum atomic E-state index is 13.4. The van der Waals surface area contributed by atoms with E-state index in [4.69, 9.17) is 28.6 Å². The quantitative estimate of drug-likeness (QED) is 0.183. The number of aromatic nitrogens is 1. The van der Waals surface area contributed by atoms with Gasteiger partial charge in [-0.2, -0.15) is 0 Å². The number of allylic oxidation sites excluding steroid dienone is 3. The van der Waals surface area contributed by atoms with Gasteiger partial charge in [0.15, 0.2) is 0 Å². The number of rotatable bonds is 9. The summed E-state index contributed by atoms with van der Waals surface area (Å²) in [4.78, 5) is 24.4. The summed E-state index contributed by atoms with van der Waals surface area (Å²) < 4.78 is 0. The Labute approximate surface area is 260 Å². The molecule has 0 aliphatic carbocycles. The van der Waals surface area contributed by atoms with Gasteiger partial charge in [0.1, 0.15) is 0 Å². The molecular weight excluding hydrogens is 565 g/mol. The van der Waals surface area contributed by atoms with Crippen LogP contribution < -0.4 is 0 Å². The molecular formula is C34H43Cl2N5O. The number of likely N-dealkylation sites (tertiary alicyclic amines) is 1. The van der Waals surface area contributed by atoms with Gasteiger partial charge >= 0.3 is 0 Å². The molecule has 0 spiro atoms. The second-order valence-electron chi connectivity index (χ2n) is 12.1. The highest BCUT2D eigenvalue weighted by Gasteiger charge is 2.44. The molecule has 3 fully saturated rings. The Bertz CT molecular complexity index is 1270. The molecule has 3 aliphatic heterocycles. The average molecular weight is 609 g/mol. The maximum Gasteiger partial charge on any atom is 0.257 e. The number of hydrogen-bond donors (Lipinski definition) is 1. The number of amides is 1. The summed E-state index contributed by atoms with van der Waals surface area (Å²) in [6.45, 7) is 7.16. The first-order chi connectivity index (χ1) is 20.3. The molecule has 6 nitrogen and oxygen atoms in total. The normalized spacial score (nSPS) is 24.0. The van der Waals surface area contributed by atoms with E-state index in [1.165, 1.54) is 30.8 Å². The molecule has 4 heterocycles. The van der Waals surface area contributed by atoms with Crippen LogP contribution in [-0.4, -0.2) is 75.7 Å². The van der Waals surface area contributed by atoms with Gasteiger partial charge in [-0.3, -0.25) is 20.1 Å². The lowest BCUT2D eigenvalue weighted by Crippen LogP contribution is -2.53. The Morgan fingerprint density at radius 1 is 1.07 bits per heavy atom. The van der Waals surface area contributed by atoms with Crippen molar-refractivity contribution in [1.29, 1.82) is 5.41 Å². The van der Waals surface area contributed by atoms with Crippen molar-refractivity contribution < 1.29 is 4.79 Å². The minimum atomic E-state index is -0.110. The lowest BCUT2D eigenvalue weighted by molar-refractivity contribution is 0.0584. The van der Waals surface area contributed by atoms with Crippen molar-refractivity contribution in [3.8, 4) is 0 Å². The first-order valence-corrected chi connectivity index (χ1v) is 16.1. The highest BCUT2D eigenvalue weighted by Crippen LogP contribution is 2.43. The molecule has 0 radical (unpaired) electrons. The first kappa shape index (κ1) is 30.8. The second-order valence-corrected chi connectivity index (χ2v) is 12.9. The molecule has 2 aromatic rings. The Morgan fingerprint density at radius 2 is 1.71 bits per heavy atom. The van der Waals surface area contributed by atoms with Crippen LogP contribution in [0.1, 0.15) is 74.7 Å². The predicted molar refractivity (Wildman–Crippen MR) is 173 cm³/mol. The zero-order chi connectivity index (χ0) is 29.7. The van der Waals surface area contributed by atoms with E-state index in [9.17, 15) is 4.79 Å². The molecule has 3 aliphatic rings. The molecule has 42 heavy (non-hydrogen) atoms. The molecule has 1 unspecified atom stereocenters. The molecule has 224 valence electrons. The molecule has 1 amide bonds. The van der Waals surface area contributed by atoms with Gasteiger partial charge in [-0.25, -0.2) is 0 Å². The van der Waals surface area contributed by atoms with E-state index in [2.05, 4.69) is 63.3 Å². The highest BCUT2D eigenvalue weighted by molar-refractivity contribution is 6.39. The van der Waals surface area contributed by atoms with Crippen LogP contribution in [-0.2, 0) is 5.41 Å². The van der Waals surface area contributed by atoms with E-state index in [-0.39, 0.29) is 11.3 Å². The van der Waals surface area contributed by atoms with Gasteiger partial charge < -0.3 is 9.80 Å². The Morgan fingerprint density at radius 3 is 2.31 bits per heavy atom. The molecule has 2 bridgehead atoms. The molecule has 8 heteroatoms. The standard InChI is InChI=1S/C34H43Cl2N5O/c1-3-4-5-9-17-40(25(2)37)29-21-27-12-13-28(22-29)41(27)20-16-34(26-10-7-6-8-11-26)14-18-39(19-15-34)33(42)32-30(35)23-38-24-31(32)36/h3-11,23-24,27-29,37H,12-22H2,1-2H3/b4-3-,9-5-,37-25?/t27-,28+,29?. The summed E-state index contributed by atoms with van der Waals surface area (Å²) in [6, 6.07) is 12.5. The lowest BCUT2D eigenvalue weighted by Gasteiger charge is -2.47. The van der Waals surface area contributed by atoms with E-state index in [1.807, 2.05) is 24.8 Å². The van der Waals surface area contributed by atoms with Gasteiger partial charge in [0.25, 0.3) is 5.91 Å². The Hall–Kier alpha value is -2.67. The van der Waals surface area contributed by atoms with Gasteiger partial charge in [-0.05, 0) is 76.3 Å². The van der Waals surface area contributed by atoms with Crippen LogP contribution in [0.4, 0.5) is 0 Å². The number of benzene rings is 1. The maximum absolute atomic E-state index is 13.4. The SMILES string of the molecule is C/C=C\C=C/CN(C(C)=N)C1C[C@H]2CC[C@@H](C1)N2CCC1(c2ccccc2)CCN(C(=O)c2c(Cl)cncc2Cl)CC1. The number of piperidine rings is 2. The van der Waals surface area contributed by atoms with Gasteiger partial charge in [0.05, 0.1) is 21.4 Å². The third kappa shape index (κ3) is 6.61. The summed E-state index contributed by atoms with van der Waals surface area (Å²) in [5, 5.41) is 9.05. The summed E-state index contributed by atoms with van der Waals surface area (Å²) >= 11 is 12.7. The molecule has 1 N–H and O–H groups in total. The Kier molecular flexibility index (Phi) is 10.1. The molecule has 0 saturated carbocycles. The minimum absolute atomic E-state index is 0.0231. The average Bonchev–Trinajstić information content (AvgIpc) is 3.23. The van der Waals surface area contributed by atoms with Crippen LogP contribution in [0, 0.1) is 5.41 Å². The zero-order valence-corrected chi connectivity index (χ0v) is 26.3. The number of amidine groups is 1. The summed E-state index contributed by atoms with van der Waals surface area (Å²) in [7, 11) is 0. The van der Waals surface area contributed by atoms with E-state index in [1.54, 1.807) is 0 Å². The molecule has 1 aromatic heterocycles. The van der Waals surface area contributed by atoms with Gasteiger partial charge in [0.2, 0.25) is 0 Å². The number of nitrogens with one attached hydrogen (secondary N) is 1. The fourth-order valence-electron chi connectivity index (χ4n) is 7.52. The van der Waals surface area contributed by atoms with E-state index in [0.717, 1.165) is 45.2 Å². The van der Waals surface area contributed by atoms with Crippen LogP contribution in [0.25, 0.3) is 0 Å². The van der Waals surface area contributed by atoms with E-state index >= 15 is 0 Å². The molecule has 3 saturated heterocycles. The van der Waals surface area contributed by atoms with Crippen molar-refractivity contribution in [3.63, 3.8) is 0 Å². The van der Waals surface area contributed by atoms with Crippen molar-refractivity contribution in [2.75, 3.05) is 26.2 Å². The van der Waals surface area contributed by atoms with Crippen molar-refractivity contribution in [3.05, 3.63) is 88.2 Å². The summed E-state index contributed by atoms with van der Waals surface area (Å²) in [5.74, 6) is 0.553. The van der Waals surface area contributed by atoms with Crippen LogP contribution in [0.3, 0.4) is 0 Å². The second kappa shape index (κ2) is 13.7. The van der Waals surface area contributed by atoms with E-state index in [0.29, 0.717) is 52.7 Å². The monoisotopic (exact) mass is 607 g/mol.